The number of hydrogen-bond acceptors (Lipinski definition) is 5. The summed E-state index contributed by atoms with van der Waals surface area (Å²) in [4.78, 5) is 4.75. The molecule has 2 aliphatic heterocycles. The average molecular weight is 340 g/mol. The second-order valence-corrected chi connectivity index (χ2v) is 8.42. The monoisotopic (exact) mass is 340 g/mol. The lowest BCUT2D eigenvalue weighted by molar-refractivity contribution is 0.597. The van der Waals surface area contributed by atoms with Gasteiger partial charge in [0.1, 0.15) is 0 Å². The van der Waals surface area contributed by atoms with Gasteiger partial charge in [-0.25, -0.2) is 8.42 Å². The number of hydrogen-bond donors (Lipinski definition) is 1. The van der Waals surface area contributed by atoms with Crippen molar-refractivity contribution in [3.8, 4) is 6.07 Å². The Morgan fingerprint density at radius 2 is 2.12 bits per heavy atom. The minimum absolute atomic E-state index is 0.0794. The van der Waals surface area contributed by atoms with Crippen LogP contribution in [0, 0.1) is 24.2 Å². The maximum atomic E-state index is 12.6. The predicted octanol–water partition coefficient (Wildman–Crippen LogP) is 2.60. The van der Waals surface area contributed by atoms with E-state index in [-0.39, 0.29) is 5.75 Å². The van der Waals surface area contributed by atoms with Gasteiger partial charge in [-0.15, -0.1) is 0 Å². The molecule has 1 aromatic carbocycles. The van der Waals surface area contributed by atoms with E-state index in [1.807, 2.05) is 25.1 Å². The molecule has 0 spiro atoms. The minimum atomic E-state index is -3.36. The molecule has 0 saturated heterocycles. The summed E-state index contributed by atoms with van der Waals surface area (Å²) in [5.74, 6) is -0.981. The summed E-state index contributed by atoms with van der Waals surface area (Å²) in [6.45, 7) is 3.72. The zero-order valence-electron chi connectivity index (χ0n) is 13.4. The van der Waals surface area contributed by atoms with Crippen LogP contribution in [0.1, 0.15) is 30.5 Å². The number of H-pyrrole nitrogens is 1. The normalized spacial score (nSPS) is 25.5. The Balaban J connectivity index is 1.97. The van der Waals surface area contributed by atoms with Gasteiger partial charge in [0, 0.05) is 29.1 Å². The number of rotatable bonds is 1. The molecule has 122 valence electrons. The van der Waals surface area contributed by atoms with Crippen LogP contribution in [0.4, 0.5) is 0 Å². The first-order chi connectivity index (χ1) is 11.4. The van der Waals surface area contributed by atoms with E-state index >= 15 is 0 Å². The molecule has 1 N–H and O–H groups in total. The lowest BCUT2D eigenvalue weighted by Gasteiger charge is -2.27. The van der Waals surface area contributed by atoms with Crippen LogP contribution >= 0.6 is 0 Å². The molecule has 2 aliphatic rings. The molecule has 24 heavy (non-hydrogen) atoms. The van der Waals surface area contributed by atoms with Gasteiger partial charge in [-0.1, -0.05) is 6.07 Å². The first kappa shape index (κ1) is 15.1. The van der Waals surface area contributed by atoms with Gasteiger partial charge < -0.3 is 0 Å². The SMILES string of the molecule is CC1=NC2=C(C(c3ccc4n[nH]c(C)c4c3)C1C#N)S(=O)(=O)CC2. The van der Waals surface area contributed by atoms with Gasteiger partial charge in [0.2, 0.25) is 0 Å². The number of allylic oxidation sites excluding steroid dienone is 2. The largest absolute Gasteiger partial charge is 0.282 e. The Bertz CT molecular complexity index is 1070. The van der Waals surface area contributed by atoms with Crippen molar-refractivity contribution >= 4 is 26.5 Å². The van der Waals surface area contributed by atoms with Crippen molar-refractivity contribution in [1.82, 2.24) is 10.2 Å². The summed E-state index contributed by atoms with van der Waals surface area (Å²) in [5, 5.41) is 17.7. The van der Waals surface area contributed by atoms with Crippen LogP contribution in [0.3, 0.4) is 0 Å². The third-order valence-electron chi connectivity index (χ3n) is 4.87. The zero-order valence-corrected chi connectivity index (χ0v) is 14.2. The Morgan fingerprint density at radius 3 is 2.88 bits per heavy atom. The van der Waals surface area contributed by atoms with Crippen molar-refractivity contribution in [2.45, 2.75) is 26.2 Å². The third-order valence-corrected chi connectivity index (χ3v) is 6.77. The zero-order chi connectivity index (χ0) is 17.1. The molecule has 6 nitrogen and oxygen atoms in total. The highest BCUT2D eigenvalue weighted by Gasteiger charge is 2.43. The molecule has 0 saturated carbocycles. The Morgan fingerprint density at radius 1 is 1.33 bits per heavy atom. The molecule has 2 atom stereocenters. The number of nitriles is 1. The highest BCUT2D eigenvalue weighted by atomic mass is 32.2. The molecule has 2 unspecified atom stereocenters. The van der Waals surface area contributed by atoms with Gasteiger partial charge in [-0.05, 0) is 31.5 Å². The van der Waals surface area contributed by atoms with E-state index in [0.717, 1.165) is 22.2 Å². The van der Waals surface area contributed by atoms with Crippen molar-refractivity contribution in [1.29, 1.82) is 5.26 Å². The summed E-state index contributed by atoms with van der Waals surface area (Å²) < 4.78 is 25.1. The molecule has 0 aliphatic carbocycles. The van der Waals surface area contributed by atoms with E-state index in [4.69, 9.17) is 0 Å². The number of aliphatic imine (C=N–C) groups is 1. The third kappa shape index (κ3) is 2.03. The van der Waals surface area contributed by atoms with E-state index in [0.29, 0.717) is 22.7 Å². The number of nitrogens with one attached hydrogen (secondary N) is 1. The first-order valence-corrected chi connectivity index (χ1v) is 9.43. The number of nitrogens with zero attached hydrogens (tertiary/aromatic N) is 3. The van der Waals surface area contributed by atoms with E-state index in [9.17, 15) is 13.7 Å². The van der Waals surface area contributed by atoms with Gasteiger partial charge in [0.05, 0.1) is 33.9 Å². The van der Waals surface area contributed by atoms with Crippen molar-refractivity contribution in [2.24, 2.45) is 10.9 Å². The second-order valence-electron chi connectivity index (χ2n) is 6.34. The molecule has 1 aromatic heterocycles. The van der Waals surface area contributed by atoms with Gasteiger partial charge in [-0.2, -0.15) is 10.4 Å². The minimum Gasteiger partial charge on any atom is -0.282 e. The Labute approximate surface area is 139 Å². The maximum absolute atomic E-state index is 12.6. The van der Waals surface area contributed by atoms with E-state index in [1.165, 1.54) is 0 Å². The summed E-state index contributed by atoms with van der Waals surface area (Å²) in [5.41, 5.74) is 3.88. The molecule has 4 rings (SSSR count). The fourth-order valence-corrected chi connectivity index (χ4v) is 5.51. The molecule has 0 fully saturated rings. The van der Waals surface area contributed by atoms with Crippen molar-refractivity contribution < 1.29 is 8.42 Å². The van der Waals surface area contributed by atoms with Crippen LogP contribution in [0.25, 0.3) is 10.9 Å². The summed E-state index contributed by atoms with van der Waals surface area (Å²) >= 11 is 0. The fraction of sp³-hybridized carbons (Fsp3) is 0.353. The second kappa shape index (κ2) is 5.02. The lowest BCUT2D eigenvalue weighted by Crippen LogP contribution is -2.26. The van der Waals surface area contributed by atoms with Crippen LogP contribution in [0.2, 0.25) is 0 Å². The Kier molecular flexibility index (Phi) is 3.15. The van der Waals surface area contributed by atoms with Gasteiger partial charge in [-0.3, -0.25) is 10.1 Å². The van der Waals surface area contributed by atoms with Crippen LogP contribution in [-0.4, -0.2) is 30.1 Å². The molecule has 7 heteroatoms. The van der Waals surface area contributed by atoms with Crippen LogP contribution in [0.15, 0.2) is 33.8 Å². The molecule has 0 bridgehead atoms. The smallest absolute Gasteiger partial charge is 0.177 e. The topological polar surface area (TPSA) is 99.0 Å². The molecule has 2 aromatic rings. The average Bonchev–Trinajstić information content (AvgIpc) is 3.06. The number of fused-ring (bicyclic) bond motifs is 1. The molecular weight excluding hydrogens is 324 g/mol. The highest BCUT2D eigenvalue weighted by molar-refractivity contribution is 7.95. The van der Waals surface area contributed by atoms with Gasteiger partial charge in [0.25, 0.3) is 0 Å². The number of aryl methyl sites for hydroxylation is 1. The van der Waals surface area contributed by atoms with Crippen LogP contribution in [-0.2, 0) is 9.84 Å². The highest BCUT2D eigenvalue weighted by Crippen LogP contribution is 2.46. The molecule has 0 radical (unpaired) electrons. The quantitative estimate of drug-likeness (QED) is 0.862. The standard InChI is InChI=1S/C17H16N4O2S/c1-9-13(8-18)16(17-15(19-9)5-6-24(17,22)23)11-3-4-14-12(7-11)10(2)20-21-14/h3-4,7,13,16H,5-6H2,1-2H3,(H,20,21). The summed E-state index contributed by atoms with van der Waals surface area (Å²) in [7, 11) is -3.36. The number of aromatic nitrogens is 2. The van der Waals surface area contributed by atoms with Crippen LogP contribution < -0.4 is 0 Å². The van der Waals surface area contributed by atoms with Crippen molar-refractivity contribution in [3.05, 3.63) is 40.1 Å². The first-order valence-electron chi connectivity index (χ1n) is 7.77. The number of sulfone groups is 1. The summed E-state index contributed by atoms with van der Waals surface area (Å²) in [6, 6.07) is 7.94. The van der Waals surface area contributed by atoms with Crippen LogP contribution in [0.5, 0.6) is 0 Å². The lowest BCUT2D eigenvalue weighted by atomic mass is 9.81. The number of aromatic amines is 1. The molecule has 0 amide bonds. The molecular formula is C17H16N4O2S. The van der Waals surface area contributed by atoms with E-state index < -0.39 is 21.7 Å². The molecule has 3 heterocycles. The predicted molar refractivity (Wildman–Crippen MR) is 91.2 cm³/mol. The summed E-state index contributed by atoms with van der Waals surface area (Å²) in [6.07, 6.45) is 0.427. The van der Waals surface area contributed by atoms with E-state index in [1.54, 1.807) is 6.92 Å². The fourth-order valence-electron chi connectivity index (χ4n) is 3.66. The maximum Gasteiger partial charge on any atom is 0.177 e. The van der Waals surface area contributed by atoms with Crippen molar-refractivity contribution in [3.63, 3.8) is 0 Å². The van der Waals surface area contributed by atoms with Gasteiger partial charge >= 0.3 is 0 Å². The van der Waals surface area contributed by atoms with Crippen molar-refractivity contribution in [2.75, 3.05) is 5.75 Å². The Hall–Kier alpha value is -2.46. The van der Waals surface area contributed by atoms with Gasteiger partial charge in [0.15, 0.2) is 9.84 Å². The number of benzene rings is 1. The van der Waals surface area contributed by atoms with E-state index in [2.05, 4.69) is 21.3 Å².